The first-order chi connectivity index (χ1) is 9.15. The van der Waals surface area contributed by atoms with Gasteiger partial charge in [0.15, 0.2) is 0 Å². The van der Waals surface area contributed by atoms with Crippen molar-refractivity contribution in [1.29, 1.82) is 0 Å². The Balaban J connectivity index is 2.31. The van der Waals surface area contributed by atoms with Gasteiger partial charge in [0.25, 0.3) is 0 Å². The number of rotatable bonds is 1. The van der Waals surface area contributed by atoms with Crippen LogP contribution in [0.2, 0.25) is 0 Å². The zero-order chi connectivity index (χ0) is 13.4. The summed E-state index contributed by atoms with van der Waals surface area (Å²) >= 11 is 3.68. The average Bonchev–Trinajstić information content (AvgIpc) is 2.38. The molecule has 1 nitrogen and oxygen atoms in total. The van der Waals surface area contributed by atoms with E-state index in [1.54, 1.807) is 0 Å². The number of benzene rings is 2. The molecule has 0 bridgehead atoms. The van der Waals surface area contributed by atoms with E-state index < -0.39 is 0 Å². The minimum Gasteiger partial charge on any atom is -0.248 e. The van der Waals surface area contributed by atoms with Crippen LogP contribution in [0.3, 0.4) is 0 Å². The van der Waals surface area contributed by atoms with Crippen LogP contribution >= 0.6 is 15.9 Å². The molecule has 2 heteroatoms. The number of pyridine rings is 1. The van der Waals surface area contributed by atoms with E-state index in [-0.39, 0.29) is 0 Å². The van der Waals surface area contributed by atoms with E-state index in [0.29, 0.717) is 0 Å². The van der Waals surface area contributed by atoms with E-state index in [0.717, 1.165) is 21.2 Å². The zero-order valence-corrected chi connectivity index (χ0v) is 12.5. The van der Waals surface area contributed by atoms with Gasteiger partial charge in [-0.05, 0) is 37.1 Å². The fraction of sp³-hybridized carbons (Fsp3) is 0.118. The molecule has 2 aromatic carbocycles. The van der Waals surface area contributed by atoms with Gasteiger partial charge in [0, 0.05) is 15.4 Å². The van der Waals surface area contributed by atoms with Gasteiger partial charge in [-0.2, -0.15) is 0 Å². The van der Waals surface area contributed by atoms with Crippen molar-refractivity contribution in [3.8, 4) is 11.3 Å². The lowest BCUT2D eigenvalue weighted by molar-refractivity contribution is 1.34. The minimum atomic E-state index is 1.00. The molecule has 0 spiro atoms. The predicted molar refractivity (Wildman–Crippen MR) is 84.4 cm³/mol. The van der Waals surface area contributed by atoms with Gasteiger partial charge in [0.2, 0.25) is 0 Å². The van der Waals surface area contributed by atoms with Gasteiger partial charge >= 0.3 is 0 Å². The highest BCUT2D eigenvalue weighted by Gasteiger charge is 2.08. The van der Waals surface area contributed by atoms with E-state index >= 15 is 0 Å². The molecule has 0 amide bonds. The highest BCUT2D eigenvalue weighted by atomic mass is 79.9. The van der Waals surface area contributed by atoms with Gasteiger partial charge in [-0.3, -0.25) is 0 Å². The van der Waals surface area contributed by atoms with Crippen LogP contribution in [0.25, 0.3) is 22.2 Å². The van der Waals surface area contributed by atoms with Crippen LogP contribution in [0.5, 0.6) is 0 Å². The summed E-state index contributed by atoms with van der Waals surface area (Å²) in [7, 11) is 0. The number of fused-ring (bicyclic) bond motifs is 1. The number of hydrogen-bond acceptors (Lipinski definition) is 1. The topological polar surface area (TPSA) is 12.9 Å². The maximum atomic E-state index is 4.80. The fourth-order valence-corrected chi connectivity index (χ4v) is 3.19. The van der Waals surface area contributed by atoms with E-state index in [1.807, 2.05) is 18.2 Å². The lowest BCUT2D eigenvalue weighted by Gasteiger charge is -2.09. The van der Waals surface area contributed by atoms with Crippen molar-refractivity contribution in [1.82, 2.24) is 4.98 Å². The van der Waals surface area contributed by atoms with Gasteiger partial charge in [0.05, 0.1) is 11.2 Å². The van der Waals surface area contributed by atoms with Crippen molar-refractivity contribution in [3.05, 3.63) is 64.1 Å². The Morgan fingerprint density at radius 3 is 2.42 bits per heavy atom. The van der Waals surface area contributed by atoms with Crippen molar-refractivity contribution < 1.29 is 0 Å². The average molecular weight is 312 g/mol. The molecule has 0 saturated heterocycles. The SMILES string of the molecule is Cc1cc(C)c2c(Br)cc(-c3ccccc3)nc2c1. The van der Waals surface area contributed by atoms with Crippen LogP contribution in [-0.4, -0.2) is 4.98 Å². The second-order valence-corrected chi connectivity index (χ2v) is 5.69. The van der Waals surface area contributed by atoms with Crippen LogP contribution in [0.15, 0.2) is 53.0 Å². The van der Waals surface area contributed by atoms with Crippen molar-refractivity contribution in [2.45, 2.75) is 13.8 Å². The van der Waals surface area contributed by atoms with E-state index in [1.165, 1.54) is 16.5 Å². The number of aromatic nitrogens is 1. The number of hydrogen-bond donors (Lipinski definition) is 0. The first-order valence-corrected chi connectivity index (χ1v) is 7.07. The van der Waals surface area contributed by atoms with Crippen molar-refractivity contribution in [2.75, 3.05) is 0 Å². The molecule has 19 heavy (non-hydrogen) atoms. The van der Waals surface area contributed by atoms with E-state index in [9.17, 15) is 0 Å². The Labute approximate surface area is 121 Å². The standard InChI is InChI=1S/C17H14BrN/c1-11-8-12(2)17-14(18)10-15(19-16(17)9-11)13-6-4-3-5-7-13/h3-10H,1-2H3. The molecule has 94 valence electrons. The fourth-order valence-electron chi connectivity index (χ4n) is 2.46. The van der Waals surface area contributed by atoms with Crippen LogP contribution < -0.4 is 0 Å². The van der Waals surface area contributed by atoms with Gasteiger partial charge in [0.1, 0.15) is 0 Å². The van der Waals surface area contributed by atoms with Gasteiger partial charge in [-0.1, -0.05) is 52.3 Å². The molecule has 0 N–H and O–H groups in total. The number of nitrogens with zero attached hydrogens (tertiary/aromatic N) is 1. The molecule has 3 rings (SSSR count). The quantitative estimate of drug-likeness (QED) is 0.595. The second-order valence-electron chi connectivity index (χ2n) is 4.83. The maximum Gasteiger partial charge on any atom is 0.0726 e. The van der Waals surface area contributed by atoms with Crippen molar-refractivity contribution in [2.24, 2.45) is 0 Å². The number of halogens is 1. The number of aryl methyl sites for hydroxylation is 2. The van der Waals surface area contributed by atoms with E-state index in [4.69, 9.17) is 4.98 Å². The molecular formula is C17H14BrN. The summed E-state index contributed by atoms with van der Waals surface area (Å²) in [5.74, 6) is 0. The molecule has 0 aliphatic carbocycles. The van der Waals surface area contributed by atoms with Gasteiger partial charge < -0.3 is 0 Å². The Bertz CT molecular complexity index is 748. The summed E-state index contributed by atoms with van der Waals surface area (Å²) < 4.78 is 1.11. The molecule has 0 fully saturated rings. The molecule has 0 atom stereocenters. The summed E-state index contributed by atoms with van der Waals surface area (Å²) in [6.45, 7) is 4.24. The largest absolute Gasteiger partial charge is 0.248 e. The zero-order valence-electron chi connectivity index (χ0n) is 10.9. The third kappa shape index (κ3) is 2.28. The van der Waals surface area contributed by atoms with E-state index in [2.05, 4.69) is 60.1 Å². The Kier molecular flexibility index (Phi) is 3.11. The summed E-state index contributed by atoms with van der Waals surface area (Å²) in [6, 6.07) is 16.7. The smallest absolute Gasteiger partial charge is 0.0726 e. The highest BCUT2D eigenvalue weighted by Crippen LogP contribution is 2.31. The second kappa shape index (κ2) is 4.78. The van der Waals surface area contributed by atoms with Crippen LogP contribution in [0.1, 0.15) is 11.1 Å². The Morgan fingerprint density at radius 2 is 1.68 bits per heavy atom. The summed E-state index contributed by atoms with van der Waals surface area (Å²) in [4.78, 5) is 4.80. The van der Waals surface area contributed by atoms with Crippen molar-refractivity contribution in [3.63, 3.8) is 0 Å². The summed E-state index contributed by atoms with van der Waals surface area (Å²) in [5.41, 5.74) is 5.70. The Hall–Kier alpha value is -1.67. The molecule has 0 radical (unpaired) electrons. The first-order valence-electron chi connectivity index (χ1n) is 6.28. The maximum absolute atomic E-state index is 4.80. The Morgan fingerprint density at radius 1 is 0.947 bits per heavy atom. The lowest BCUT2D eigenvalue weighted by atomic mass is 10.0. The molecule has 1 aromatic heterocycles. The molecule has 3 aromatic rings. The van der Waals surface area contributed by atoms with Crippen molar-refractivity contribution >= 4 is 26.8 Å². The highest BCUT2D eigenvalue weighted by molar-refractivity contribution is 9.10. The molecule has 0 aliphatic rings. The third-order valence-corrected chi connectivity index (χ3v) is 3.90. The molecule has 0 unspecified atom stereocenters. The molecule has 0 saturated carbocycles. The monoisotopic (exact) mass is 311 g/mol. The summed E-state index contributed by atoms with van der Waals surface area (Å²) in [5, 5.41) is 1.20. The van der Waals surface area contributed by atoms with Crippen LogP contribution in [0.4, 0.5) is 0 Å². The normalized spacial score (nSPS) is 10.9. The van der Waals surface area contributed by atoms with Gasteiger partial charge in [-0.25, -0.2) is 4.98 Å². The van der Waals surface area contributed by atoms with Crippen LogP contribution in [0, 0.1) is 13.8 Å². The predicted octanol–water partition coefficient (Wildman–Crippen LogP) is 5.28. The molecule has 1 heterocycles. The lowest BCUT2D eigenvalue weighted by Crippen LogP contribution is -1.90. The first kappa shape index (κ1) is 12.4. The third-order valence-electron chi connectivity index (χ3n) is 3.27. The van der Waals surface area contributed by atoms with Crippen LogP contribution in [-0.2, 0) is 0 Å². The summed E-state index contributed by atoms with van der Waals surface area (Å²) in [6.07, 6.45) is 0. The molecule has 0 aliphatic heterocycles. The molecular weight excluding hydrogens is 298 g/mol. The van der Waals surface area contributed by atoms with Gasteiger partial charge in [-0.15, -0.1) is 0 Å². The minimum absolute atomic E-state index is 1.00.